The number of ether oxygens (including phenoxy) is 1. The van der Waals surface area contributed by atoms with Crippen molar-refractivity contribution in [1.82, 2.24) is 5.32 Å². The fourth-order valence-corrected chi connectivity index (χ4v) is 1.88. The Hall–Kier alpha value is -1.69. The third kappa shape index (κ3) is 4.67. The van der Waals surface area contributed by atoms with Gasteiger partial charge in [-0.15, -0.1) is 11.8 Å². The second kappa shape index (κ2) is 6.90. The summed E-state index contributed by atoms with van der Waals surface area (Å²) in [5.41, 5.74) is 0. The van der Waals surface area contributed by atoms with Gasteiger partial charge in [-0.3, -0.25) is 9.59 Å². The van der Waals surface area contributed by atoms with Crippen molar-refractivity contribution in [3.8, 4) is 5.75 Å². The fourth-order valence-electron chi connectivity index (χ4n) is 1.17. The number of carbonyl (C=O) groups excluding carboxylic acids is 1. The third-order valence-corrected chi connectivity index (χ3v) is 3.19. The molecule has 0 bridgehead atoms. The predicted molar refractivity (Wildman–Crippen MR) is 69.0 cm³/mol. The van der Waals surface area contributed by atoms with Crippen LogP contribution in [0.1, 0.15) is 6.92 Å². The van der Waals surface area contributed by atoms with Crippen LogP contribution < -0.4 is 10.1 Å². The lowest BCUT2D eigenvalue weighted by Gasteiger charge is -2.09. The highest BCUT2D eigenvalue weighted by atomic mass is 32.2. The third-order valence-electron chi connectivity index (χ3n) is 2.18. The fraction of sp³-hybridized carbons (Fsp3) is 0.333. The van der Waals surface area contributed by atoms with Crippen LogP contribution in [0.2, 0.25) is 0 Å². The Morgan fingerprint density at radius 1 is 1.39 bits per heavy atom. The largest absolute Gasteiger partial charge is 0.497 e. The summed E-state index contributed by atoms with van der Waals surface area (Å²) < 4.78 is 5.02. The number of rotatable bonds is 6. The Bertz CT molecular complexity index is 419. The van der Waals surface area contributed by atoms with Gasteiger partial charge in [0.05, 0.1) is 12.9 Å². The molecule has 0 radical (unpaired) electrons. The molecule has 5 nitrogen and oxygen atoms in total. The highest BCUT2D eigenvalue weighted by Gasteiger charge is 2.13. The highest BCUT2D eigenvalue weighted by molar-refractivity contribution is 8.00. The summed E-state index contributed by atoms with van der Waals surface area (Å²) in [5.74, 6) is -0.406. The molecule has 0 aliphatic carbocycles. The highest BCUT2D eigenvalue weighted by Crippen LogP contribution is 2.20. The topological polar surface area (TPSA) is 75.6 Å². The lowest BCUT2D eigenvalue weighted by molar-refractivity contribution is -0.140. The van der Waals surface area contributed by atoms with E-state index in [2.05, 4.69) is 5.32 Å². The maximum absolute atomic E-state index is 11.4. The predicted octanol–water partition coefficient (Wildman–Crippen LogP) is 1.38. The molecular formula is C12H15NO4S. The first kappa shape index (κ1) is 14.4. The zero-order valence-electron chi connectivity index (χ0n) is 10.2. The van der Waals surface area contributed by atoms with Gasteiger partial charge in [0.1, 0.15) is 11.8 Å². The summed E-state index contributed by atoms with van der Waals surface area (Å²) in [6.45, 7) is 1.43. The Morgan fingerprint density at radius 3 is 2.50 bits per heavy atom. The molecule has 1 rings (SSSR count). The second-order valence-corrected chi connectivity index (χ2v) is 4.64. The van der Waals surface area contributed by atoms with E-state index < -0.39 is 12.0 Å². The van der Waals surface area contributed by atoms with Crippen LogP contribution in [0, 0.1) is 0 Å². The van der Waals surface area contributed by atoms with Crippen molar-refractivity contribution in [1.29, 1.82) is 0 Å². The van der Waals surface area contributed by atoms with Gasteiger partial charge in [-0.05, 0) is 31.2 Å². The average Bonchev–Trinajstić information content (AvgIpc) is 2.36. The molecule has 18 heavy (non-hydrogen) atoms. The SMILES string of the molecule is COc1ccc(SCC(=O)N[C@@H](C)C(=O)O)cc1. The molecule has 1 aromatic rings. The van der Waals surface area contributed by atoms with E-state index in [0.29, 0.717) is 0 Å². The zero-order valence-corrected chi connectivity index (χ0v) is 11.0. The Balaban J connectivity index is 2.40. The summed E-state index contributed by atoms with van der Waals surface area (Å²) >= 11 is 1.34. The molecule has 1 atom stereocenters. The van der Waals surface area contributed by atoms with Crippen LogP contribution in [-0.4, -0.2) is 35.9 Å². The van der Waals surface area contributed by atoms with Crippen molar-refractivity contribution in [2.24, 2.45) is 0 Å². The Labute approximate surface area is 110 Å². The van der Waals surface area contributed by atoms with Crippen molar-refractivity contribution in [3.05, 3.63) is 24.3 Å². The minimum Gasteiger partial charge on any atom is -0.497 e. The van der Waals surface area contributed by atoms with Crippen LogP contribution in [0.3, 0.4) is 0 Å². The number of carboxylic acid groups (broad SMARTS) is 1. The van der Waals surface area contributed by atoms with Gasteiger partial charge >= 0.3 is 5.97 Å². The van der Waals surface area contributed by atoms with E-state index in [0.717, 1.165) is 10.6 Å². The van der Waals surface area contributed by atoms with Crippen LogP contribution in [0.15, 0.2) is 29.2 Å². The van der Waals surface area contributed by atoms with Crippen LogP contribution >= 0.6 is 11.8 Å². The van der Waals surface area contributed by atoms with Crippen molar-refractivity contribution >= 4 is 23.6 Å². The van der Waals surface area contributed by atoms with Gasteiger partial charge < -0.3 is 15.2 Å². The standard InChI is InChI=1S/C12H15NO4S/c1-8(12(15)16)13-11(14)7-18-10-5-3-9(17-2)4-6-10/h3-6,8H,7H2,1-2H3,(H,13,14)(H,15,16)/t8-/m0/s1. The van der Waals surface area contributed by atoms with Gasteiger partial charge in [0.15, 0.2) is 0 Å². The molecule has 1 amide bonds. The van der Waals surface area contributed by atoms with E-state index in [1.807, 2.05) is 12.1 Å². The second-order valence-electron chi connectivity index (χ2n) is 3.59. The van der Waals surface area contributed by atoms with Crippen molar-refractivity contribution < 1.29 is 19.4 Å². The first-order valence-corrected chi connectivity index (χ1v) is 6.30. The van der Waals surface area contributed by atoms with E-state index in [-0.39, 0.29) is 11.7 Å². The molecule has 0 saturated heterocycles. The molecule has 1 aromatic carbocycles. The van der Waals surface area contributed by atoms with Gasteiger partial charge in [0.2, 0.25) is 5.91 Å². The molecule has 0 saturated carbocycles. The maximum atomic E-state index is 11.4. The van der Waals surface area contributed by atoms with E-state index in [1.54, 1.807) is 19.2 Å². The average molecular weight is 269 g/mol. The number of carbonyl (C=O) groups is 2. The number of thioether (sulfide) groups is 1. The van der Waals surface area contributed by atoms with Crippen LogP contribution in [0.5, 0.6) is 5.75 Å². The maximum Gasteiger partial charge on any atom is 0.325 e. The van der Waals surface area contributed by atoms with Crippen LogP contribution in [0.4, 0.5) is 0 Å². The molecule has 0 aromatic heterocycles. The first-order chi connectivity index (χ1) is 8.52. The van der Waals surface area contributed by atoms with Gasteiger partial charge in [-0.1, -0.05) is 0 Å². The molecule has 0 aliphatic heterocycles. The minimum absolute atomic E-state index is 0.184. The zero-order chi connectivity index (χ0) is 13.5. The Kier molecular flexibility index (Phi) is 5.51. The summed E-state index contributed by atoms with van der Waals surface area (Å²) in [7, 11) is 1.59. The molecule has 0 aliphatic rings. The van der Waals surface area contributed by atoms with Crippen molar-refractivity contribution in [3.63, 3.8) is 0 Å². The van der Waals surface area contributed by atoms with Crippen LogP contribution in [-0.2, 0) is 9.59 Å². The normalized spacial score (nSPS) is 11.7. The van der Waals surface area contributed by atoms with Crippen molar-refractivity contribution in [2.45, 2.75) is 17.9 Å². The molecular weight excluding hydrogens is 254 g/mol. The number of hydrogen-bond acceptors (Lipinski definition) is 4. The molecule has 0 unspecified atom stereocenters. The summed E-state index contributed by atoms with van der Waals surface area (Å²) in [5, 5.41) is 11.0. The summed E-state index contributed by atoms with van der Waals surface area (Å²) in [4.78, 5) is 22.9. The van der Waals surface area contributed by atoms with Gasteiger partial charge in [-0.25, -0.2) is 0 Å². The van der Waals surface area contributed by atoms with Gasteiger partial charge in [0.25, 0.3) is 0 Å². The van der Waals surface area contributed by atoms with E-state index in [4.69, 9.17) is 9.84 Å². The number of benzene rings is 1. The lowest BCUT2D eigenvalue weighted by atomic mass is 10.3. The number of aliphatic carboxylic acids is 1. The van der Waals surface area contributed by atoms with Crippen LogP contribution in [0.25, 0.3) is 0 Å². The minimum atomic E-state index is -1.04. The molecule has 98 valence electrons. The molecule has 0 heterocycles. The van der Waals surface area contributed by atoms with E-state index in [1.165, 1.54) is 18.7 Å². The molecule has 6 heteroatoms. The summed E-state index contributed by atoms with van der Waals surface area (Å²) in [6, 6.07) is 6.43. The number of carboxylic acids is 1. The smallest absolute Gasteiger partial charge is 0.325 e. The monoisotopic (exact) mass is 269 g/mol. The van der Waals surface area contributed by atoms with Crippen molar-refractivity contribution in [2.75, 3.05) is 12.9 Å². The first-order valence-electron chi connectivity index (χ1n) is 5.32. The number of hydrogen-bond donors (Lipinski definition) is 2. The summed E-state index contributed by atoms with van der Waals surface area (Å²) in [6.07, 6.45) is 0. The molecule has 2 N–H and O–H groups in total. The number of amides is 1. The quantitative estimate of drug-likeness (QED) is 0.763. The lowest BCUT2D eigenvalue weighted by Crippen LogP contribution is -2.39. The molecule has 0 spiro atoms. The Morgan fingerprint density at radius 2 is 2.00 bits per heavy atom. The number of methoxy groups -OCH3 is 1. The van der Waals surface area contributed by atoms with E-state index in [9.17, 15) is 9.59 Å². The van der Waals surface area contributed by atoms with Gasteiger partial charge in [-0.2, -0.15) is 0 Å². The van der Waals surface area contributed by atoms with Gasteiger partial charge in [0, 0.05) is 4.90 Å². The number of nitrogens with one attached hydrogen (secondary N) is 1. The molecule has 0 fully saturated rings. The van der Waals surface area contributed by atoms with E-state index >= 15 is 0 Å².